The summed E-state index contributed by atoms with van der Waals surface area (Å²) in [5.41, 5.74) is 0. The summed E-state index contributed by atoms with van der Waals surface area (Å²) in [6.07, 6.45) is -30.9. The Balaban J connectivity index is 1.84. The van der Waals surface area contributed by atoms with Gasteiger partial charge < -0.3 is 105 Å². The summed E-state index contributed by atoms with van der Waals surface area (Å²) in [6, 6.07) is -2.95. The van der Waals surface area contributed by atoms with Crippen molar-refractivity contribution in [3.63, 3.8) is 0 Å². The first-order valence-corrected chi connectivity index (χ1v) is 16.0. The van der Waals surface area contributed by atoms with Crippen molar-refractivity contribution in [3.8, 4) is 0 Å². The molecule has 3 heterocycles. The molecule has 51 heavy (non-hydrogen) atoms. The zero-order chi connectivity index (χ0) is 38.3. The van der Waals surface area contributed by atoms with Crippen LogP contribution in [-0.4, -0.2) is 228 Å². The highest BCUT2D eigenvalue weighted by Crippen LogP contribution is 2.31. The third-order valence-electron chi connectivity index (χ3n) is 8.65. The average Bonchev–Trinajstić information content (AvgIpc) is 3.10. The van der Waals surface area contributed by atoms with Crippen LogP contribution in [0.4, 0.5) is 0 Å². The Morgan fingerprint density at radius 2 is 1.22 bits per heavy atom. The molecule has 0 aromatic heterocycles. The third-order valence-corrected chi connectivity index (χ3v) is 8.65. The fraction of sp³-hybridized carbons (Fsp3) is 0.929. The normalized spacial score (nSPS) is 41.3. The quantitative estimate of drug-likeness (QED) is 0.0696. The lowest BCUT2D eigenvalue weighted by Gasteiger charge is -2.47. The Hall–Kier alpha value is -1.82. The molecule has 0 aromatic rings. The van der Waals surface area contributed by atoms with Crippen molar-refractivity contribution in [1.29, 1.82) is 0 Å². The van der Waals surface area contributed by atoms with Gasteiger partial charge in [-0.25, -0.2) is 0 Å². The molecule has 298 valence electrons. The number of nitrogens with one attached hydrogen (secondary N) is 2. The summed E-state index contributed by atoms with van der Waals surface area (Å²) < 4.78 is 33.6. The standard InChI is InChI=1S/C28H50N2O21/c1-8(35)29-10(3-31)16(38)24(11(37)4-32)50-27-23(45)21(43)19(41)14(49-27)7-46-28-25(22(44)18(40)13(6-34)48-28)51-26-15(30-9(2)36)20(42)17(39)12(5-33)47-26/h10-28,31-34,37-45H,3-7H2,1-2H3,(H,29,35)(H,30,36)/t10-,11+,12+,13+,14+,15+,16+,17+,18+,19+,20+,21-,22-,23-,24+,25-,26-,27-,28-/m0/s1. The second-order valence-electron chi connectivity index (χ2n) is 12.4. The number of carbonyl (C=O) groups is 2. The van der Waals surface area contributed by atoms with E-state index in [1.165, 1.54) is 0 Å². The van der Waals surface area contributed by atoms with E-state index in [-0.39, 0.29) is 0 Å². The molecule has 19 atom stereocenters. The van der Waals surface area contributed by atoms with E-state index in [1.807, 2.05) is 0 Å². The number of hydrogen-bond acceptors (Lipinski definition) is 21. The van der Waals surface area contributed by atoms with E-state index in [4.69, 9.17) is 28.4 Å². The van der Waals surface area contributed by atoms with Crippen LogP contribution in [-0.2, 0) is 38.0 Å². The summed E-state index contributed by atoms with van der Waals surface area (Å²) in [6.45, 7) is -2.22. The van der Waals surface area contributed by atoms with E-state index in [9.17, 15) is 76.0 Å². The molecule has 3 aliphatic rings. The number of hydrogen-bond donors (Lipinski definition) is 15. The Labute approximate surface area is 290 Å². The second kappa shape index (κ2) is 19.5. The van der Waals surface area contributed by atoms with Crippen molar-refractivity contribution in [3.05, 3.63) is 0 Å². The largest absolute Gasteiger partial charge is 0.394 e. The number of aliphatic hydroxyl groups excluding tert-OH is 13. The van der Waals surface area contributed by atoms with E-state index < -0.39 is 161 Å². The summed E-state index contributed by atoms with van der Waals surface area (Å²) in [4.78, 5) is 23.4. The smallest absolute Gasteiger partial charge is 0.217 e. The predicted octanol–water partition coefficient (Wildman–Crippen LogP) is -9.83. The van der Waals surface area contributed by atoms with Gasteiger partial charge in [-0.3, -0.25) is 9.59 Å². The van der Waals surface area contributed by atoms with Gasteiger partial charge >= 0.3 is 0 Å². The Morgan fingerprint density at radius 3 is 1.75 bits per heavy atom. The first kappa shape index (κ1) is 43.6. The fourth-order valence-electron chi connectivity index (χ4n) is 5.82. The minimum absolute atomic E-state index is 0.689. The van der Waals surface area contributed by atoms with E-state index in [0.717, 1.165) is 13.8 Å². The van der Waals surface area contributed by atoms with Gasteiger partial charge in [0.05, 0.1) is 39.1 Å². The van der Waals surface area contributed by atoms with Gasteiger partial charge in [0.25, 0.3) is 0 Å². The van der Waals surface area contributed by atoms with Gasteiger partial charge in [0.2, 0.25) is 11.8 Å². The topological polar surface area (TPSA) is 377 Å². The molecule has 0 radical (unpaired) electrons. The van der Waals surface area contributed by atoms with Crippen LogP contribution >= 0.6 is 0 Å². The lowest BCUT2D eigenvalue weighted by atomic mass is 9.95. The van der Waals surface area contributed by atoms with Crippen molar-refractivity contribution < 1.29 is 104 Å². The number of carbonyl (C=O) groups excluding carboxylic acids is 2. The first-order chi connectivity index (χ1) is 24.0. The lowest BCUT2D eigenvalue weighted by molar-refractivity contribution is -0.366. The van der Waals surface area contributed by atoms with E-state index in [1.54, 1.807) is 0 Å². The summed E-state index contributed by atoms with van der Waals surface area (Å²) in [7, 11) is 0. The van der Waals surface area contributed by atoms with E-state index in [0.29, 0.717) is 0 Å². The molecule has 0 unspecified atom stereocenters. The monoisotopic (exact) mass is 750 g/mol. The molecule has 0 aliphatic carbocycles. The molecule has 2 amide bonds. The van der Waals surface area contributed by atoms with Crippen LogP contribution in [0.3, 0.4) is 0 Å². The van der Waals surface area contributed by atoms with Crippen molar-refractivity contribution in [1.82, 2.24) is 10.6 Å². The molecular weight excluding hydrogens is 700 g/mol. The third kappa shape index (κ3) is 10.4. The van der Waals surface area contributed by atoms with E-state index >= 15 is 0 Å². The highest BCUT2D eigenvalue weighted by atomic mass is 16.8. The second-order valence-corrected chi connectivity index (χ2v) is 12.4. The number of aliphatic hydroxyl groups is 13. The molecule has 0 spiro atoms. The summed E-state index contributed by atoms with van der Waals surface area (Å²) in [5.74, 6) is -1.39. The SMILES string of the molecule is CC(=O)N[C@H]1[C@H](O[C@@H]2[C@@H](OC[C@H]3O[C@@H](O[C@@H]([C@H](O)[C@H](CO)NC(C)=O)[C@H](O)CO)[C@@H](O)[C@@H](O)[C@@H]3O)O[C@H](CO)[C@@H](O)[C@@H]2O)O[C@H](CO)[C@@H](O)[C@@H]1O. The Bertz CT molecular complexity index is 1100. The minimum Gasteiger partial charge on any atom is -0.394 e. The van der Waals surface area contributed by atoms with Crippen LogP contribution in [0.15, 0.2) is 0 Å². The number of amides is 2. The first-order valence-electron chi connectivity index (χ1n) is 16.0. The maximum atomic E-state index is 11.9. The maximum Gasteiger partial charge on any atom is 0.217 e. The van der Waals surface area contributed by atoms with E-state index in [2.05, 4.69) is 10.6 Å². The van der Waals surface area contributed by atoms with Crippen LogP contribution in [0.25, 0.3) is 0 Å². The van der Waals surface area contributed by atoms with Crippen molar-refractivity contribution in [2.24, 2.45) is 0 Å². The zero-order valence-electron chi connectivity index (χ0n) is 27.6. The molecule has 3 fully saturated rings. The van der Waals surface area contributed by atoms with Gasteiger partial charge in [0.1, 0.15) is 91.5 Å². The summed E-state index contributed by atoms with van der Waals surface area (Å²) in [5, 5.41) is 139. The molecule has 0 aromatic carbocycles. The minimum atomic E-state index is -2.06. The summed E-state index contributed by atoms with van der Waals surface area (Å²) >= 11 is 0. The highest BCUT2D eigenvalue weighted by molar-refractivity contribution is 5.73. The zero-order valence-corrected chi connectivity index (χ0v) is 27.6. The average molecular weight is 751 g/mol. The fourth-order valence-corrected chi connectivity index (χ4v) is 5.82. The van der Waals surface area contributed by atoms with Crippen molar-refractivity contribution in [2.45, 2.75) is 130 Å². The molecule has 0 bridgehead atoms. The molecule has 23 nitrogen and oxygen atoms in total. The van der Waals surface area contributed by atoms with Crippen LogP contribution in [0.5, 0.6) is 0 Å². The van der Waals surface area contributed by atoms with Crippen LogP contribution < -0.4 is 10.6 Å². The molecule has 15 N–H and O–H groups in total. The molecular formula is C28H50N2O21. The lowest BCUT2D eigenvalue weighted by Crippen LogP contribution is -2.68. The maximum absolute atomic E-state index is 11.9. The predicted molar refractivity (Wildman–Crippen MR) is 159 cm³/mol. The molecule has 23 heteroatoms. The molecule has 3 aliphatic heterocycles. The number of ether oxygens (including phenoxy) is 6. The van der Waals surface area contributed by atoms with Gasteiger partial charge in [0, 0.05) is 13.8 Å². The molecule has 0 saturated carbocycles. The van der Waals surface area contributed by atoms with Crippen LogP contribution in [0.2, 0.25) is 0 Å². The van der Waals surface area contributed by atoms with Crippen molar-refractivity contribution in [2.75, 3.05) is 33.0 Å². The van der Waals surface area contributed by atoms with Gasteiger partial charge in [-0.1, -0.05) is 0 Å². The van der Waals surface area contributed by atoms with Gasteiger partial charge in [-0.2, -0.15) is 0 Å². The van der Waals surface area contributed by atoms with Gasteiger partial charge in [0.15, 0.2) is 18.9 Å². The highest BCUT2D eigenvalue weighted by Gasteiger charge is 2.53. The Morgan fingerprint density at radius 1 is 0.667 bits per heavy atom. The van der Waals surface area contributed by atoms with Crippen LogP contribution in [0.1, 0.15) is 13.8 Å². The van der Waals surface area contributed by atoms with Gasteiger partial charge in [-0.05, 0) is 0 Å². The number of rotatable bonds is 16. The molecule has 3 rings (SSSR count). The van der Waals surface area contributed by atoms with Crippen LogP contribution in [0, 0.1) is 0 Å². The van der Waals surface area contributed by atoms with Gasteiger partial charge in [-0.15, -0.1) is 0 Å². The van der Waals surface area contributed by atoms with Crippen molar-refractivity contribution >= 4 is 11.8 Å². The molecule has 3 saturated heterocycles. The Kier molecular flexibility index (Phi) is 16.7.